The lowest BCUT2D eigenvalue weighted by Gasteiger charge is -2.24. The summed E-state index contributed by atoms with van der Waals surface area (Å²) in [6.07, 6.45) is 12.0. The van der Waals surface area contributed by atoms with Gasteiger partial charge in [0.15, 0.2) is 0 Å². The molecule has 2 aliphatic carbocycles. The third kappa shape index (κ3) is 2.85. The monoisotopic (exact) mass is 238 g/mol. The Hall–Kier alpha value is -0.0800. The van der Waals surface area contributed by atoms with Crippen molar-refractivity contribution in [2.24, 2.45) is 17.8 Å². The second-order valence-electron chi connectivity index (χ2n) is 6.55. The Balaban J connectivity index is 1.57. The molecule has 0 spiro atoms. The average Bonchev–Trinajstić information content (AvgIpc) is 2.94. The molecular formula is C15H26O2. The summed E-state index contributed by atoms with van der Waals surface area (Å²) in [4.78, 5) is 0. The fourth-order valence-corrected chi connectivity index (χ4v) is 4.25. The van der Waals surface area contributed by atoms with Crippen molar-refractivity contribution < 1.29 is 9.84 Å². The van der Waals surface area contributed by atoms with Crippen LogP contribution in [0.15, 0.2) is 0 Å². The summed E-state index contributed by atoms with van der Waals surface area (Å²) in [7, 11) is 0. The van der Waals surface area contributed by atoms with Crippen molar-refractivity contribution >= 4 is 0 Å². The van der Waals surface area contributed by atoms with Crippen LogP contribution in [0.2, 0.25) is 0 Å². The van der Waals surface area contributed by atoms with Crippen molar-refractivity contribution in [3.05, 3.63) is 0 Å². The highest BCUT2D eigenvalue weighted by Crippen LogP contribution is 2.39. The third-order valence-electron chi connectivity index (χ3n) is 5.34. The molecule has 1 saturated heterocycles. The fraction of sp³-hybridized carbons (Fsp3) is 1.00. The van der Waals surface area contributed by atoms with Crippen molar-refractivity contribution in [2.75, 3.05) is 6.61 Å². The van der Waals surface area contributed by atoms with Crippen LogP contribution in [0, 0.1) is 17.8 Å². The molecule has 0 aromatic heterocycles. The molecule has 5 unspecified atom stereocenters. The summed E-state index contributed by atoms with van der Waals surface area (Å²) in [6, 6.07) is 0. The molecule has 1 N–H and O–H groups in total. The van der Waals surface area contributed by atoms with E-state index < -0.39 is 0 Å². The second kappa shape index (κ2) is 5.27. The summed E-state index contributed by atoms with van der Waals surface area (Å²) in [6.45, 7) is 0.967. The minimum atomic E-state index is -0.0240. The van der Waals surface area contributed by atoms with Crippen LogP contribution in [0.4, 0.5) is 0 Å². The zero-order chi connectivity index (χ0) is 11.7. The Bertz CT molecular complexity index is 253. The lowest BCUT2D eigenvalue weighted by molar-refractivity contribution is 0.0166. The van der Waals surface area contributed by atoms with Crippen LogP contribution in [0.25, 0.3) is 0 Å². The maximum absolute atomic E-state index is 9.68. The van der Waals surface area contributed by atoms with Crippen LogP contribution < -0.4 is 0 Å². The SMILES string of the molecule is OC1CCC(C2CCCC3CCC(C3)OC2)C1. The van der Waals surface area contributed by atoms with Crippen molar-refractivity contribution in [1.29, 1.82) is 0 Å². The number of hydrogen-bond acceptors (Lipinski definition) is 2. The molecule has 2 saturated carbocycles. The molecule has 2 nitrogen and oxygen atoms in total. The Morgan fingerprint density at radius 3 is 2.59 bits per heavy atom. The largest absolute Gasteiger partial charge is 0.393 e. The van der Waals surface area contributed by atoms with Gasteiger partial charge >= 0.3 is 0 Å². The number of ether oxygens (including phenoxy) is 1. The van der Waals surface area contributed by atoms with E-state index in [-0.39, 0.29) is 6.10 Å². The molecule has 2 heteroatoms. The first-order chi connectivity index (χ1) is 8.31. The number of hydrogen-bond donors (Lipinski definition) is 1. The van der Waals surface area contributed by atoms with Gasteiger partial charge in [0.1, 0.15) is 0 Å². The van der Waals surface area contributed by atoms with E-state index >= 15 is 0 Å². The van der Waals surface area contributed by atoms with Crippen LogP contribution in [-0.2, 0) is 4.74 Å². The fourth-order valence-electron chi connectivity index (χ4n) is 4.25. The Morgan fingerprint density at radius 2 is 1.76 bits per heavy atom. The Labute approximate surface area is 105 Å². The van der Waals surface area contributed by atoms with Gasteiger partial charge in [0.05, 0.1) is 18.8 Å². The highest BCUT2D eigenvalue weighted by atomic mass is 16.5. The molecule has 2 bridgehead atoms. The summed E-state index contributed by atoms with van der Waals surface area (Å²) < 4.78 is 6.13. The van der Waals surface area contributed by atoms with E-state index in [9.17, 15) is 5.11 Å². The van der Waals surface area contributed by atoms with Gasteiger partial charge < -0.3 is 9.84 Å². The molecule has 0 amide bonds. The van der Waals surface area contributed by atoms with Gasteiger partial charge in [-0.2, -0.15) is 0 Å². The van der Waals surface area contributed by atoms with E-state index in [1.807, 2.05) is 0 Å². The zero-order valence-electron chi connectivity index (χ0n) is 10.8. The molecule has 1 heterocycles. The van der Waals surface area contributed by atoms with Gasteiger partial charge in [-0.05, 0) is 62.7 Å². The van der Waals surface area contributed by atoms with Gasteiger partial charge in [0.2, 0.25) is 0 Å². The lowest BCUT2D eigenvalue weighted by atomic mass is 9.86. The van der Waals surface area contributed by atoms with Gasteiger partial charge in [-0.3, -0.25) is 0 Å². The van der Waals surface area contributed by atoms with E-state index in [1.165, 1.54) is 44.9 Å². The number of aliphatic hydroxyl groups excluding tert-OH is 1. The van der Waals surface area contributed by atoms with Crippen LogP contribution in [-0.4, -0.2) is 23.9 Å². The van der Waals surface area contributed by atoms with E-state index in [0.717, 1.165) is 37.2 Å². The molecular weight excluding hydrogens is 212 g/mol. The minimum absolute atomic E-state index is 0.0240. The predicted octanol–water partition coefficient (Wildman–Crippen LogP) is 3.13. The Kier molecular flexibility index (Phi) is 3.72. The first-order valence-corrected chi connectivity index (χ1v) is 7.61. The second-order valence-corrected chi connectivity index (χ2v) is 6.55. The van der Waals surface area contributed by atoms with Gasteiger partial charge in [0.25, 0.3) is 0 Å². The van der Waals surface area contributed by atoms with Gasteiger partial charge in [0, 0.05) is 0 Å². The number of fused-ring (bicyclic) bond motifs is 2. The number of rotatable bonds is 1. The van der Waals surface area contributed by atoms with Crippen LogP contribution >= 0.6 is 0 Å². The zero-order valence-corrected chi connectivity index (χ0v) is 10.8. The molecule has 3 aliphatic rings. The first kappa shape index (κ1) is 12.0. The molecule has 0 aromatic rings. The molecule has 3 rings (SSSR count). The van der Waals surface area contributed by atoms with E-state index in [4.69, 9.17) is 4.74 Å². The molecule has 98 valence electrons. The Morgan fingerprint density at radius 1 is 0.824 bits per heavy atom. The number of aliphatic hydroxyl groups is 1. The van der Waals surface area contributed by atoms with Gasteiger partial charge in [-0.15, -0.1) is 0 Å². The quantitative estimate of drug-likeness (QED) is 0.760. The third-order valence-corrected chi connectivity index (χ3v) is 5.34. The molecule has 3 fully saturated rings. The molecule has 5 atom stereocenters. The van der Waals surface area contributed by atoms with E-state index in [1.54, 1.807) is 0 Å². The predicted molar refractivity (Wildman–Crippen MR) is 67.8 cm³/mol. The molecule has 0 radical (unpaired) electrons. The lowest BCUT2D eigenvalue weighted by Crippen LogP contribution is -2.22. The minimum Gasteiger partial charge on any atom is -0.393 e. The molecule has 1 aliphatic heterocycles. The molecule has 0 aromatic carbocycles. The van der Waals surface area contributed by atoms with Gasteiger partial charge in [-0.1, -0.05) is 12.8 Å². The van der Waals surface area contributed by atoms with E-state index in [0.29, 0.717) is 6.10 Å². The van der Waals surface area contributed by atoms with Crippen LogP contribution in [0.5, 0.6) is 0 Å². The topological polar surface area (TPSA) is 29.5 Å². The van der Waals surface area contributed by atoms with Crippen molar-refractivity contribution in [1.82, 2.24) is 0 Å². The standard InChI is InChI=1S/C15H26O2/c16-14-6-5-12(9-14)13-3-1-2-11-4-7-15(8-11)17-10-13/h11-16H,1-10H2. The van der Waals surface area contributed by atoms with Crippen LogP contribution in [0.1, 0.15) is 57.8 Å². The van der Waals surface area contributed by atoms with E-state index in [2.05, 4.69) is 0 Å². The normalized spacial score (nSPS) is 47.5. The summed E-state index contributed by atoms with van der Waals surface area (Å²) in [5, 5.41) is 9.68. The van der Waals surface area contributed by atoms with Crippen molar-refractivity contribution in [3.63, 3.8) is 0 Å². The summed E-state index contributed by atoms with van der Waals surface area (Å²) in [5.74, 6) is 2.42. The highest BCUT2D eigenvalue weighted by Gasteiger charge is 2.33. The molecule has 17 heavy (non-hydrogen) atoms. The average molecular weight is 238 g/mol. The van der Waals surface area contributed by atoms with Gasteiger partial charge in [-0.25, -0.2) is 0 Å². The summed E-state index contributed by atoms with van der Waals surface area (Å²) >= 11 is 0. The smallest absolute Gasteiger partial charge is 0.0578 e. The highest BCUT2D eigenvalue weighted by molar-refractivity contribution is 4.83. The maximum Gasteiger partial charge on any atom is 0.0578 e. The van der Waals surface area contributed by atoms with Crippen LogP contribution in [0.3, 0.4) is 0 Å². The van der Waals surface area contributed by atoms with Crippen molar-refractivity contribution in [3.8, 4) is 0 Å². The summed E-state index contributed by atoms with van der Waals surface area (Å²) in [5.41, 5.74) is 0. The van der Waals surface area contributed by atoms with Crippen molar-refractivity contribution in [2.45, 2.75) is 70.0 Å². The maximum atomic E-state index is 9.68. The first-order valence-electron chi connectivity index (χ1n) is 7.61.